The smallest absolute Gasteiger partial charge is 0.336 e. The predicted molar refractivity (Wildman–Crippen MR) is 142 cm³/mol. The van der Waals surface area contributed by atoms with E-state index in [0.717, 1.165) is 5.56 Å². The topological polar surface area (TPSA) is 129 Å². The summed E-state index contributed by atoms with van der Waals surface area (Å²) in [6.07, 6.45) is 3.41. The zero-order chi connectivity index (χ0) is 26.2. The molecule has 0 unspecified atom stereocenters. The molecule has 10 nitrogen and oxygen atoms in total. The van der Waals surface area contributed by atoms with Crippen molar-refractivity contribution in [3.05, 3.63) is 77.6 Å². The number of pyridine rings is 1. The van der Waals surface area contributed by atoms with Gasteiger partial charge in [0.05, 0.1) is 16.0 Å². The van der Waals surface area contributed by atoms with Gasteiger partial charge in [0, 0.05) is 49.6 Å². The Morgan fingerprint density at radius 3 is 2.35 bits per heavy atom. The van der Waals surface area contributed by atoms with Gasteiger partial charge in [-0.15, -0.1) is 0 Å². The minimum atomic E-state index is -3.86. The van der Waals surface area contributed by atoms with E-state index in [1.165, 1.54) is 6.07 Å². The lowest BCUT2D eigenvalue weighted by Crippen LogP contribution is -2.47. The first-order valence-corrected chi connectivity index (χ1v) is 13.2. The number of nitrogens with zero attached hydrogens (tertiary/aromatic N) is 5. The highest BCUT2D eigenvalue weighted by Gasteiger charge is 2.23. The molecule has 11 heteroatoms. The molecule has 37 heavy (non-hydrogen) atoms. The lowest BCUT2D eigenvalue weighted by Gasteiger charge is -2.35. The summed E-state index contributed by atoms with van der Waals surface area (Å²) in [4.78, 5) is 29.7. The Kier molecular flexibility index (Phi) is 6.38. The molecule has 1 saturated heterocycles. The molecular formula is C26H26N6O4S. The van der Waals surface area contributed by atoms with Crippen LogP contribution in [0, 0.1) is 13.8 Å². The van der Waals surface area contributed by atoms with Crippen molar-refractivity contribution in [2.45, 2.75) is 18.7 Å². The Morgan fingerprint density at radius 1 is 0.946 bits per heavy atom. The van der Waals surface area contributed by atoms with Crippen LogP contribution in [0.15, 0.2) is 65.8 Å². The highest BCUT2D eigenvalue weighted by Crippen LogP contribution is 2.28. The summed E-state index contributed by atoms with van der Waals surface area (Å²) >= 11 is 0. The number of anilines is 3. The Hall–Kier alpha value is -4.25. The fourth-order valence-electron chi connectivity index (χ4n) is 4.41. The summed E-state index contributed by atoms with van der Waals surface area (Å²) in [6.45, 7) is 6.16. The van der Waals surface area contributed by atoms with Gasteiger partial charge in [0.15, 0.2) is 0 Å². The van der Waals surface area contributed by atoms with Crippen molar-refractivity contribution in [1.82, 2.24) is 15.0 Å². The summed E-state index contributed by atoms with van der Waals surface area (Å²) in [5.74, 6) is 0.109. The normalized spacial score (nSPS) is 14.1. The quantitative estimate of drug-likeness (QED) is 0.394. The average Bonchev–Trinajstić information content (AvgIpc) is 2.89. The number of benzene rings is 2. The molecule has 0 amide bonds. The fraction of sp³-hybridized carbons (Fsp3) is 0.231. The number of aromatic nitrogens is 3. The molecular weight excluding hydrogens is 492 g/mol. The van der Waals surface area contributed by atoms with E-state index < -0.39 is 16.0 Å². The van der Waals surface area contributed by atoms with E-state index in [0.29, 0.717) is 54.4 Å². The van der Waals surface area contributed by atoms with E-state index in [-0.39, 0.29) is 16.1 Å². The monoisotopic (exact) mass is 518 g/mol. The average molecular weight is 519 g/mol. The van der Waals surface area contributed by atoms with Gasteiger partial charge in [0.25, 0.3) is 10.0 Å². The molecule has 3 heterocycles. The largest absolute Gasteiger partial charge is 0.478 e. The Balaban J connectivity index is 1.42. The number of hydrogen-bond donors (Lipinski definition) is 2. The maximum atomic E-state index is 13.1. The summed E-state index contributed by atoms with van der Waals surface area (Å²) in [7, 11) is -3.86. The van der Waals surface area contributed by atoms with Gasteiger partial charge >= 0.3 is 5.97 Å². The maximum Gasteiger partial charge on any atom is 0.336 e. The van der Waals surface area contributed by atoms with E-state index in [2.05, 4.69) is 19.6 Å². The van der Waals surface area contributed by atoms with Gasteiger partial charge in [0.2, 0.25) is 5.95 Å². The van der Waals surface area contributed by atoms with Gasteiger partial charge < -0.3 is 14.9 Å². The number of carboxylic acids is 1. The first kappa shape index (κ1) is 24.4. The predicted octanol–water partition coefficient (Wildman–Crippen LogP) is 3.47. The van der Waals surface area contributed by atoms with Crippen LogP contribution in [0.3, 0.4) is 0 Å². The van der Waals surface area contributed by atoms with Gasteiger partial charge in [-0.05, 0) is 61.4 Å². The van der Waals surface area contributed by atoms with E-state index in [9.17, 15) is 18.3 Å². The van der Waals surface area contributed by atoms with Gasteiger partial charge in [-0.2, -0.15) is 0 Å². The molecule has 4 aromatic rings. The van der Waals surface area contributed by atoms with Crippen molar-refractivity contribution >= 4 is 44.3 Å². The van der Waals surface area contributed by atoms with Crippen LogP contribution in [0.25, 0.3) is 10.9 Å². The number of piperazine rings is 1. The standard InChI is InChI=1S/C26H26N6O4S/c1-17-4-5-18(2)23(14-17)37(35,36)30-19-6-7-22-20(15-19)21(25(33)34)16-24(29-22)31-10-12-32(13-11-31)26-27-8-3-9-28-26/h3-9,14-16,30H,10-13H2,1-2H3,(H,33,34). The third-order valence-corrected chi connectivity index (χ3v) is 7.87. The molecule has 1 fully saturated rings. The molecule has 1 aliphatic heterocycles. The first-order valence-electron chi connectivity index (χ1n) is 11.8. The molecule has 0 atom stereocenters. The van der Waals surface area contributed by atoms with Gasteiger partial charge in [-0.25, -0.2) is 28.2 Å². The number of fused-ring (bicyclic) bond motifs is 1. The second-order valence-electron chi connectivity index (χ2n) is 8.96. The summed E-state index contributed by atoms with van der Waals surface area (Å²) in [5.41, 5.74) is 2.24. The Morgan fingerprint density at radius 2 is 1.65 bits per heavy atom. The van der Waals surface area contributed by atoms with Crippen molar-refractivity contribution in [2.75, 3.05) is 40.7 Å². The number of rotatable bonds is 6. The minimum absolute atomic E-state index is 0.0570. The molecule has 2 N–H and O–H groups in total. The maximum absolute atomic E-state index is 13.1. The fourth-order valence-corrected chi connectivity index (χ4v) is 5.79. The minimum Gasteiger partial charge on any atom is -0.478 e. The van der Waals surface area contributed by atoms with Crippen LogP contribution in [0.5, 0.6) is 0 Å². The molecule has 0 spiro atoms. The van der Waals surface area contributed by atoms with E-state index in [1.807, 2.05) is 17.9 Å². The number of carbonyl (C=O) groups is 1. The van der Waals surface area contributed by atoms with Crippen molar-refractivity contribution < 1.29 is 18.3 Å². The molecule has 0 saturated carbocycles. The number of hydrogen-bond acceptors (Lipinski definition) is 8. The summed E-state index contributed by atoms with van der Waals surface area (Å²) in [5, 5.41) is 10.3. The molecule has 0 bridgehead atoms. The Bertz CT molecular complexity index is 1590. The summed E-state index contributed by atoms with van der Waals surface area (Å²) < 4.78 is 28.7. The molecule has 2 aromatic heterocycles. The molecule has 190 valence electrons. The van der Waals surface area contributed by atoms with E-state index >= 15 is 0 Å². The van der Waals surface area contributed by atoms with Gasteiger partial charge in [0.1, 0.15) is 5.82 Å². The van der Waals surface area contributed by atoms with E-state index in [4.69, 9.17) is 4.98 Å². The molecule has 5 rings (SSSR count). The highest BCUT2D eigenvalue weighted by molar-refractivity contribution is 7.92. The molecule has 2 aromatic carbocycles. The van der Waals surface area contributed by atoms with Crippen molar-refractivity contribution in [3.8, 4) is 0 Å². The number of carboxylic acid groups (broad SMARTS) is 1. The number of aromatic carboxylic acids is 1. The highest BCUT2D eigenvalue weighted by atomic mass is 32.2. The van der Waals surface area contributed by atoms with Crippen molar-refractivity contribution in [3.63, 3.8) is 0 Å². The van der Waals surface area contributed by atoms with Crippen LogP contribution >= 0.6 is 0 Å². The second-order valence-corrected chi connectivity index (χ2v) is 10.6. The van der Waals surface area contributed by atoms with Gasteiger partial charge in [-0.1, -0.05) is 12.1 Å². The van der Waals surface area contributed by atoms with Crippen LogP contribution in [-0.4, -0.2) is 60.6 Å². The molecule has 1 aliphatic rings. The number of sulfonamides is 1. The lowest BCUT2D eigenvalue weighted by atomic mass is 10.1. The van der Waals surface area contributed by atoms with Crippen LogP contribution in [0.1, 0.15) is 21.5 Å². The lowest BCUT2D eigenvalue weighted by molar-refractivity contribution is 0.0699. The third-order valence-electron chi connectivity index (χ3n) is 6.35. The molecule has 0 aliphatic carbocycles. The van der Waals surface area contributed by atoms with Crippen LogP contribution in [-0.2, 0) is 10.0 Å². The molecule has 0 radical (unpaired) electrons. The first-order chi connectivity index (χ1) is 17.7. The van der Waals surface area contributed by atoms with Crippen LogP contribution < -0.4 is 14.5 Å². The van der Waals surface area contributed by atoms with Crippen LogP contribution in [0.2, 0.25) is 0 Å². The Labute approximate surface area is 214 Å². The number of aryl methyl sites for hydroxylation is 2. The number of nitrogens with one attached hydrogen (secondary N) is 1. The van der Waals surface area contributed by atoms with E-state index in [1.54, 1.807) is 55.7 Å². The second kappa shape index (κ2) is 9.66. The van der Waals surface area contributed by atoms with Crippen molar-refractivity contribution in [1.29, 1.82) is 0 Å². The summed E-state index contributed by atoms with van der Waals surface area (Å²) in [6, 6.07) is 13.3. The zero-order valence-corrected chi connectivity index (χ0v) is 21.2. The SMILES string of the molecule is Cc1ccc(C)c(S(=O)(=O)Nc2ccc3nc(N4CCN(c5ncccn5)CC4)cc(C(=O)O)c3c2)c1. The van der Waals surface area contributed by atoms with Crippen molar-refractivity contribution in [2.24, 2.45) is 0 Å². The van der Waals surface area contributed by atoms with Gasteiger partial charge in [-0.3, -0.25) is 4.72 Å². The third kappa shape index (κ3) is 5.03. The zero-order valence-electron chi connectivity index (χ0n) is 20.4. The van der Waals surface area contributed by atoms with Crippen LogP contribution in [0.4, 0.5) is 17.5 Å².